The number of urea groups is 1. The van der Waals surface area contributed by atoms with Crippen LogP contribution in [0.4, 0.5) is 4.79 Å². The molecule has 1 unspecified atom stereocenters. The Morgan fingerprint density at radius 2 is 1.59 bits per heavy atom. The first-order valence-electron chi connectivity index (χ1n) is 9.82. The number of benzene rings is 2. The molecule has 3 rings (SSSR count). The Bertz CT molecular complexity index is 737. The molecule has 1 N–H and O–H groups in total. The number of amides is 2. The number of nitrogens with zero attached hydrogens (tertiary/aromatic N) is 1. The molecular formula is C23H28N2O2. The first kappa shape index (κ1) is 19.2. The van der Waals surface area contributed by atoms with Crippen LogP contribution in [0.25, 0.3) is 0 Å². The van der Waals surface area contributed by atoms with Crippen LogP contribution in [-0.2, 0) is 6.42 Å². The van der Waals surface area contributed by atoms with E-state index in [4.69, 9.17) is 0 Å². The minimum absolute atomic E-state index is 0.0128. The van der Waals surface area contributed by atoms with Crippen molar-refractivity contribution in [2.45, 2.75) is 38.6 Å². The number of Topliss-reactive ketones (excluding diaryl/α,β-unsaturated/α-hetero) is 1. The minimum atomic E-state index is -0.0128. The van der Waals surface area contributed by atoms with Crippen molar-refractivity contribution in [2.24, 2.45) is 5.92 Å². The van der Waals surface area contributed by atoms with E-state index >= 15 is 0 Å². The lowest BCUT2D eigenvalue weighted by atomic mass is 9.89. The summed E-state index contributed by atoms with van der Waals surface area (Å²) < 4.78 is 0. The van der Waals surface area contributed by atoms with E-state index in [0.29, 0.717) is 13.1 Å². The number of nitrogens with one attached hydrogen (secondary N) is 1. The molecule has 1 saturated heterocycles. The predicted molar refractivity (Wildman–Crippen MR) is 108 cm³/mol. The van der Waals surface area contributed by atoms with Crippen molar-refractivity contribution in [3.63, 3.8) is 0 Å². The van der Waals surface area contributed by atoms with E-state index < -0.39 is 0 Å². The molecule has 4 heteroatoms. The molecule has 0 aromatic heterocycles. The second kappa shape index (κ2) is 9.36. The van der Waals surface area contributed by atoms with Gasteiger partial charge in [-0.3, -0.25) is 4.79 Å². The zero-order valence-corrected chi connectivity index (χ0v) is 15.9. The monoisotopic (exact) mass is 364 g/mol. The van der Waals surface area contributed by atoms with Gasteiger partial charge in [-0.05, 0) is 38.2 Å². The third kappa shape index (κ3) is 5.43. The van der Waals surface area contributed by atoms with Gasteiger partial charge in [-0.15, -0.1) is 0 Å². The van der Waals surface area contributed by atoms with Crippen LogP contribution in [0.2, 0.25) is 0 Å². The van der Waals surface area contributed by atoms with Crippen LogP contribution >= 0.6 is 0 Å². The molecule has 0 bridgehead atoms. The number of rotatable bonds is 6. The Balaban J connectivity index is 1.42. The van der Waals surface area contributed by atoms with Gasteiger partial charge in [-0.2, -0.15) is 0 Å². The van der Waals surface area contributed by atoms with Gasteiger partial charge < -0.3 is 10.2 Å². The molecule has 0 spiro atoms. The Kier molecular flexibility index (Phi) is 6.64. The van der Waals surface area contributed by atoms with Crippen LogP contribution in [0, 0.1) is 5.92 Å². The summed E-state index contributed by atoms with van der Waals surface area (Å²) in [7, 11) is 0. The third-order valence-electron chi connectivity index (χ3n) is 5.29. The van der Waals surface area contributed by atoms with Crippen LogP contribution < -0.4 is 5.32 Å². The molecule has 1 fully saturated rings. The van der Waals surface area contributed by atoms with Gasteiger partial charge in [0.05, 0.1) is 0 Å². The number of carbonyl (C=O) groups excluding carboxylic acids is 2. The maximum absolute atomic E-state index is 12.6. The van der Waals surface area contributed by atoms with Crippen LogP contribution in [0.5, 0.6) is 0 Å². The molecular weight excluding hydrogens is 336 g/mol. The molecule has 27 heavy (non-hydrogen) atoms. The first-order chi connectivity index (χ1) is 13.1. The van der Waals surface area contributed by atoms with Gasteiger partial charge >= 0.3 is 6.03 Å². The number of hydrogen-bond donors (Lipinski definition) is 1. The zero-order chi connectivity index (χ0) is 19.1. The molecule has 1 aliphatic rings. The van der Waals surface area contributed by atoms with Gasteiger partial charge in [0.15, 0.2) is 5.78 Å². The van der Waals surface area contributed by atoms with Gasteiger partial charge in [0, 0.05) is 30.6 Å². The van der Waals surface area contributed by atoms with E-state index in [-0.39, 0.29) is 23.8 Å². The van der Waals surface area contributed by atoms with E-state index in [2.05, 4.69) is 17.4 Å². The van der Waals surface area contributed by atoms with E-state index in [0.717, 1.165) is 31.2 Å². The highest BCUT2D eigenvalue weighted by atomic mass is 16.2. The van der Waals surface area contributed by atoms with Crippen LogP contribution in [0.1, 0.15) is 42.1 Å². The lowest BCUT2D eigenvalue weighted by Crippen LogP contribution is -2.48. The predicted octanol–water partition coefficient (Wildman–Crippen LogP) is 4.31. The largest absolute Gasteiger partial charge is 0.336 e. The number of hydrogen-bond acceptors (Lipinski definition) is 2. The standard InChI is InChI=1S/C23H28N2O2/c1-18(12-13-19-8-4-2-5-9-19)24-23(27)25-16-14-21(15-17-25)22(26)20-10-6-3-7-11-20/h2-11,18,21H,12-17H2,1H3,(H,24,27). The second-order valence-corrected chi connectivity index (χ2v) is 7.37. The fourth-order valence-corrected chi connectivity index (χ4v) is 3.58. The fourth-order valence-electron chi connectivity index (χ4n) is 3.58. The molecule has 2 aromatic carbocycles. The number of ketones is 1. The Morgan fingerprint density at radius 3 is 2.22 bits per heavy atom. The van der Waals surface area contributed by atoms with Crippen molar-refractivity contribution >= 4 is 11.8 Å². The Hall–Kier alpha value is -2.62. The summed E-state index contributed by atoms with van der Waals surface area (Å²) in [6, 6.07) is 19.9. The molecule has 0 aliphatic carbocycles. The van der Waals surface area contributed by atoms with Crippen LogP contribution in [0.15, 0.2) is 60.7 Å². The number of carbonyl (C=O) groups is 2. The average molecular weight is 364 g/mol. The molecule has 2 aromatic rings. The fraction of sp³-hybridized carbons (Fsp3) is 0.391. The molecule has 142 valence electrons. The third-order valence-corrected chi connectivity index (χ3v) is 5.29. The molecule has 1 atom stereocenters. The van der Waals surface area contributed by atoms with Crippen molar-refractivity contribution in [3.8, 4) is 0 Å². The van der Waals surface area contributed by atoms with Gasteiger partial charge in [0.25, 0.3) is 0 Å². The maximum Gasteiger partial charge on any atom is 0.317 e. The maximum atomic E-state index is 12.6. The quantitative estimate of drug-likeness (QED) is 0.777. The van der Waals surface area contributed by atoms with Crippen molar-refractivity contribution in [1.82, 2.24) is 10.2 Å². The number of likely N-dealkylation sites (tertiary alicyclic amines) is 1. The highest BCUT2D eigenvalue weighted by Gasteiger charge is 2.28. The van der Waals surface area contributed by atoms with Crippen molar-refractivity contribution in [2.75, 3.05) is 13.1 Å². The molecule has 2 amide bonds. The molecule has 1 aliphatic heterocycles. The van der Waals surface area contributed by atoms with Crippen molar-refractivity contribution in [1.29, 1.82) is 0 Å². The average Bonchev–Trinajstić information content (AvgIpc) is 2.73. The zero-order valence-electron chi connectivity index (χ0n) is 15.9. The molecule has 0 radical (unpaired) electrons. The SMILES string of the molecule is CC(CCc1ccccc1)NC(=O)N1CCC(C(=O)c2ccccc2)CC1. The van der Waals surface area contributed by atoms with E-state index in [1.165, 1.54) is 5.56 Å². The summed E-state index contributed by atoms with van der Waals surface area (Å²) >= 11 is 0. The molecule has 1 heterocycles. The van der Waals surface area contributed by atoms with E-state index in [1.807, 2.05) is 60.4 Å². The Morgan fingerprint density at radius 1 is 1.00 bits per heavy atom. The highest BCUT2D eigenvalue weighted by molar-refractivity contribution is 5.97. The second-order valence-electron chi connectivity index (χ2n) is 7.37. The van der Waals surface area contributed by atoms with Crippen LogP contribution in [0.3, 0.4) is 0 Å². The first-order valence-corrected chi connectivity index (χ1v) is 9.82. The smallest absolute Gasteiger partial charge is 0.317 e. The minimum Gasteiger partial charge on any atom is -0.336 e. The molecule has 0 saturated carbocycles. The van der Waals surface area contributed by atoms with E-state index in [9.17, 15) is 9.59 Å². The van der Waals surface area contributed by atoms with Crippen molar-refractivity contribution < 1.29 is 9.59 Å². The van der Waals surface area contributed by atoms with Gasteiger partial charge in [-0.25, -0.2) is 4.79 Å². The summed E-state index contributed by atoms with van der Waals surface area (Å²) in [5.41, 5.74) is 2.06. The van der Waals surface area contributed by atoms with Gasteiger partial charge in [0.2, 0.25) is 0 Å². The summed E-state index contributed by atoms with van der Waals surface area (Å²) in [5.74, 6) is 0.221. The van der Waals surface area contributed by atoms with E-state index in [1.54, 1.807) is 0 Å². The lowest BCUT2D eigenvalue weighted by molar-refractivity contribution is 0.0853. The van der Waals surface area contributed by atoms with Crippen molar-refractivity contribution in [3.05, 3.63) is 71.8 Å². The highest BCUT2D eigenvalue weighted by Crippen LogP contribution is 2.22. The summed E-state index contributed by atoms with van der Waals surface area (Å²) in [6.45, 7) is 3.33. The Labute approximate surface area is 161 Å². The van der Waals surface area contributed by atoms with Gasteiger partial charge in [-0.1, -0.05) is 60.7 Å². The summed E-state index contributed by atoms with van der Waals surface area (Å²) in [5, 5.41) is 3.10. The van der Waals surface area contributed by atoms with Crippen LogP contribution in [-0.4, -0.2) is 35.8 Å². The number of piperidine rings is 1. The summed E-state index contributed by atoms with van der Waals surface area (Å²) in [4.78, 5) is 26.9. The molecule has 4 nitrogen and oxygen atoms in total. The summed E-state index contributed by atoms with van der Waals surface area (Å²) in [6.07, 6.45) is 3.34. The number of aryl methyl sites for hydroxylation is 1. The topological polar surface area (TPSA) is 49.4 Å². The lowest BCUT2D eigenvalue weighted by Gasteiger charge is -2.32. The normalized spacial score (nSPS) is 16.0. The van der Waals surface area contributed by atoms with Gasteiger partial charge in [0.1, 0.15) is 0 Å².